The monoisotopic (exact) mass is 273 g/mol. The van der Waals surface area contributed by atoms with E-state index in [1.807, 2.05) is 12.1 Å². The second-order valence-electron chi connectivity index (χ2n) is 5.49. The Hall–Kier alpha value is -1.68. The Kier molecular flexibility index (Phi) is 3.83. The maximum atomic E-state index is 12.3. The van der Waals surface area contributed by atoms with E-state index in [0.717, 1.165) is 37.9 Å². The lowest BCUT2D eigenvalue weighted by atomic mass is 9.97. The Morgan fingerprint density at radius 1 is 1.35 bits per heavy atom. The summed E-state index contributed by atoms with van der Waals surface area (Å²) in [6.07, 6.45) is 4.29. The maximum Gasteiger partial charge on any atom is 0.251 e. The average molecular weight is 273 g/mol. The van der Waals surface area contributed by atoms with Gasteiger partial charge in [-0.25, -0.2) is 0 Å². The number of ether oxygens (including phenoxy) is 1. The van der Waals surface area contributed by atoms with Gasteiger partial charge in [0.2, 0.25) is 0 Å². The molecule has 106 valence electrons. The lowest BCUT2D eigenvalue weighted by Crippen LogP contribution is -2.23. The first-order valence-electron chi connectivity index (χ1n) is 7.30. The van der Waals surface area contributed by atoms with Crippen LogP contribution in [0.1, 0.15) is 52.0 Å². The number of fused-ring (bicyclic) bond motifs is 1. The second-order valence-corrected chi connectivity index (χ2v) is 5.49. The minimum absolute atomic E-state index is 0.0511. The van der Waals surface area contributed by atoms with Gasteiger partial charge in [-0.3, -0.25) is 9.59 Å². The van der Waals surface area contributed by atoms with Crippen molar-refractivity contribution in [3.8, 4) is 0 Å². The van der Waals surface area contributed by atoms with Crippen molar-refractivity contribution in [2.75, 3.05) is 13.2 Å². The Morgan fingerprint density at radius 3 is 3.05 bits per heavy atom. The maximum absolute atomic E-state index is 12.3. The highest BCUT2D eigenvalue weighted by Crippen LogP contribution is 2.21. The summed E-state index contributed by atoms with van der Waals surface area (Å²) in [5.41, 5.74) is 2.31. The summed E-state index contributed by atoms with van der Waals surface area (Å²) in [7, 11) is 0. The van der Waals surface area contributed by atoms with Gasteiger partial charge in [-0.1, -0.05) is 12.1 Å². The highest BCUT2D eigenvalue weighted by atomic mass is 16.5. The topological polar surface area (TPSA) is 55.4 Å². The Morgan fingerprint density at radius 2 is 2.25 bits per heavy atom. The normalized spacial score (nSPS) is 22.0. The fraction of sp³-hybridized carbons (Fsp3) is 0.500. The zero-order valence-corrected chi connectivity index (χ0v) is 11.5. The summed E-state index contributed by atoms with van der Waals surface area (Å²) < 4.78 is 5.50. The first kappa shape index (κ1) is 13.3. The number of carbonyl (C=O) groups is 2. The van der Waals surface area contributed by atoms with Gasteiger partial charge >= 0.3 is 0 Å². The minimum Gasteiger partial charge on any atom is -0.378 e. The lowest BCUT2D eigenvalue weighted by molar-refractivity contribution is 0.0775. The molecule has 1 N–H and O–H groups in total. The van der Waals surface area contributed by atoms with E-state index in [4.69, 9.17) is 4.74 Å². The van der Waals surface area contributed by atoms with Crippen LogP contribution in [0, 0.1) is 0 Å². The van der Waals surface area contributed by atoms with E-state index in [9.17, 15) is 9.59 Å². The number of carbonyl (C=O) groups excluding carboxylic acids is 2. The summed E-state index contributed by atoms with van der Waals surface area (Å²) in [6, 6.07) is 5.50. The molecule has 2 heterocycles. The SMILES string of the molecule is O=C(CC1CCCO1)c1ccc2c(c1)C(=O)NCCC2. The van der Waals surface area contributed by atoms with Crippen LogP contribution in [0.5, 0.6) is 0 Å². The molecule has 20 heavy (non-hydrogen) atoms. The van der Waals surface area contributed by atoms with E-state index in [-0.39, 0.29) is 17.8 Å². The van der Waals surface area contributed by atoms with Crippen molar-refractivity contribution in [2.24, 2.45) is 0 Å². The molecule has 0 saturated carbocycles. The van der Waals surface area contributed by atoms with Gasteiger partial charge in [0.25, 0.3) is 5.91 Å². The van der Waals surface area contributed by atoms with Crippen molar-refractivity contribution in [3.63, 3.8) is 0 Å². The molecule has 1 atom stereocenters. The van der Waals surface area contributed by atoms with Crippen molar-refractivity contribution >= 4 is 11.7 Å². The van der Waals surface area contributed by atoms with E-state index in [2.05, 4.69) is 5.32 Å². The van der Waals surface area contributed by atoms with Crippen molar-refractivity contribution in [1.29, 1.82) is 0 Å². The number of Topliss-reactive ketones (excluding diaryl/α,β-unsaturated/α-hetero) is 1. The fourth-order valence-corrected chi connectivity index (χ4v) is 2.89. The molecule has 3 rings (SSSR count). The number of ketones is 1. The van der Waals surface area contributed by atoms with Crippen molar-refractivity contribution in [2.45, 2.75) is 38.2 Å². The Labute approximate surface area is 118 Å². The summed E-state index contributed by atoms with van der Waals surface area (Å²) in [4.78, 5) is 24.2. The quantitative estimate of drug-likeness (QED) is 0.858. The van der Waals surface area contributed by atoms with Crippen LogP contribution in [-0.2, 0) is 11.2 Å². The van der Waals surface area contributed by atoms with Crippen LogP contribution in [0.15, 0.2) is 18.2 Å². The standard InChI is InChI=1S/C16H19NO3/c18-15(10-13-4-2-8-20-13)12-6-5-11-3-1-7-17-16(19)14(11)9-12/h5-6,9,13H,1-4,7-8,10H2,(H,17,19). The Bertz CT molecular complexity index is 533. The van der Waals surface area contributed by atoms with E-state index >= 15 is 0 Å². The molecular formula is C16H19NO3. The van der Waals surface area contributed by atoms with Crippen LogP contribution in [0.2, 0.25) is 0 Å². The fourth-order valence-electron chi connectivity index (χ4n) is 2.89. The molecule has 0 aromatic heterocycles. The molecule has 0 bridgehead atoms. The van der Waals surface area contributed by atoms with Crippen molar-refractivity contribution in [1.82, 2.24) is 5.32 Å². The zero-order chi connectivity index (χ0) is 13.9. The molecule has 0 aliphatic carbocycles. The van der Waals surface area contributed by atoms with Gasteiger partial charge in [0.15, 0.2) is 5.78 Å². The molecular weight excluding hydrogens is 254 g/mol. The smallest absolute Gasteiger partial charge is 0.251 e. The molecule has 4 nitrogen and oxygen atoms in total. The number of hydrogen-bond donors (Lipinski definition) is 1. The molecule has 0 spiro atoms. The van der Waals surface area contributed by atoms with Crippen molar-refractivity contribution in [3.05, 3.63) is 34.9 Å². The largest absolute Gasteiger partial charge is 0.378 e. The zero-order valence-electron chi connectivity index (χ0n) is 11.5. The van der Waals surface area contributed by atoms with Gasteiger partial charge < -0.3 is 10.1 Å². The number of hydrogen-bond acceptors (Lipinski definition) is 3. The predicted octanol–water partition coefficient (Wildman–Crippen LogP) is 2.11. The number of amides is 1. The van der Waals surface area contributed by atoms with Gasteiger partial charge in [-0.2, -0.15) is 0 Å². The summed E-state index contributed by atoms with van der Waals surface area (Å²) in [5, 5.41) is 2.87. The third kappa shape index (κ3) is 2.75. The molecule has 1 aromatic rings. The molecule has 1 fully saturated rings. The highest BCUT2D eigenvalue weighted by Gasteiger charge is 2.22. The van der Waals surface area contributed by atoms with Crippen LogP contribution < -0.4 is 5.32 Å². The molecule has 1 aromatic carbocycles. The number of aryl methyl sites for hydroxylation is 1. The van der Waals surface area contributed by atoms with Crippen LogP contribution >= 0.6 is 0 Å². The number of rotatable bonds is 3. The van der Waals surface area contributed by atoms with Gasteiger partial charge in [0.05, 0.1) is 6.10 Å². The van der Waals surface area contributed by atoms with Crippen LogP contribution in [0.25, 0.3) is 0 Å². The number of benzene rings is 1. The molecule has 2 aliphatic rings. The van der Waals surface area contributed by atoms with Crippen LogP contribution in [0.4, 0.5) is 0 Å². The van der Waals surface area contributed by atoms with Crippen molar-refractivity contribution < 1.29 is 14.3 Å². The molecule has 4 heteroatoms. The van der Waals surface area contributed by atoms with Gasteiger partial charge in [-0.05, 0) is 37.3 Å². The van der Waals surface area contributed by atoms with E-state index in [1.165, 1.54) is 0 Å². The van der Waals surface area contributed by atoms with Crippen LogP contribution in [0.3, 0.4) is 0 Å². The first-order valence-corrected chi connectivity index (χ1v) is 7.30. The molecule has 1 saturated heterocycles. The summed E-state index contributed by atoms with van der Waals surface area (Å²) in [5.74, 6) is 0.000938. The number of nitrogens with one attached hydrogen (secondary N) is 1. The molecule has 1 amide bonds. The minimum atomic E-state index is -0.0655. The van der Waals surface area contributed by atoms with E-state index < -0.39 is 0 Å². The molecule has 0 radical (unpaired) electrons. The van der Waals surface area contributed by atoms with Gasteiger partial charge in [0, 0.05) is 30.7 Å². The summed E-state index contributed by atoms with van der Waals surface area (Å²) in [6.45, 7) is 1.46. The van der Waals surface area contributed by atoms with Crippen LogP contribution in [-0.4, -0.2) is 30.9 Å². The molecule has 2 aliphatic heterocycles. The average Bonchev–Trinajstić information content (AvgIpc) is 2.89. The molecule has 1 unspecified atom stereocenters. The van der Waals surface area contributed by atoms with Gasteiger partial charge in [-0.15, -0.1) is 0 Å². The van der Waals surface area contributed by atoms with E-state index in [1.54, 1.807) is 6.07 Å². The third-order valence-corrected chi connectivity index (χ3v) is 4.02. The lowest BCUT2D eigenvalue weighted by Gasteiger charge is -2.10. The van der Waals surface area contributed by atoms with Gasteiger partial charge in [0.1, 0.15) is 0 Å². The first-order chi connectivity index (χ1) is 9.74. The second kappa shape index (κ2) is 5.75. The predicted molar refractivity (Wildman–Crippen MR) is 75.0 cm³/mol. The Balaban J connectivity index is 1.80. The highest BCUT2D eigenvalue weighted by molar-refractivity contribution is 6.01. The summed E-state index contributed by atoms with van der Waals surface area (Å²) >= 11 is 0. The van der Waals surface area contributed by atoms with E-state index in [0.29, 0.717) is 24.1 Å². The third-order valence-electron chi connectivity index (χ3n) is 4.02.